The summed E-state index contributed by atoms with van der Waals surface area (Å²) in [5.41, 5.74) is 4.39. The summed E-state index contributed by atoms with van der Waals surface area (Å²) in [5.74, 6) is 0. The minimum absolute atomic E-state index is 0. The van der Waals surface area contributed by atoms with Crippen molar-refractivity contribution in [2.75, 3.05) is 0 Å². The number of hydrogen-bond acceptors (Lipinski definition) is 7. The monoisotopic (exact) mass is 346 g/mol. The van der Waals surface area contributed by atoms with Crippen molar-refractivity contribution in [1.29, 1.82) is 0 Å². The van der Waals surface area contributed by atoms with Crippen molar-refractivity contribution in [3.63, 3.8) is 0 Å². The Balaban J connectivity index is 0. The molecule has 82 valence electrons. The molecular weight excluding hydrogens is 339 g/mol. The summed E-state index contributed by atoms with van der Waals surface area (Å²) in [6.07, 6.45) is -2.94. The topological polar surface area (TPSA) is 119 Å². The number of thiol groups is 2. The fourth-order valence-corrected chi connectivity index (χ4v) is 1.02. The van der Waals surface area contributed by atoms with Crippen LogP contribution in [0.1, 0.15) is 0 Å². The number of phosphoric acid groups is 1. The number of phosphoric ester groups is 1. The van der Waals surface area contributed by atoms with Gasteiger partial charge in [-0.05, 0) is 25.6 Å². The SMILES string of the molecule is NC(=O)OP(=O)(O)OC(=O)N(S)S.[Mo]. The zero-order chi connectivity index (χ0) is 10.6. The third-order valence-electron chi connectivity index (χ3n) is 0.562. The fraction of sp³-hybridized carbons (Fsp3) is 0. The van der Waals surface area contributed by atoms with Gasteiger partial charge in [-0.15, -0.1) is 0 Å². The normalized spacial score (nSPS) is 13.1. The molecule has 0 rings (SSSR count). The molecule has 0 aliphatic carbocycles. The molecule has 0 spiro atoms. The maximum absolute atomic E-state index is 10.6. The summed E-state index contributed by atoms with van der Waals surface area (Å²) < 4.78 is 18.2. The van der Waals surface area contributed by atoms with Gasteiger partial charge in [0.1, 0.15) is 0 Å². The van der Waals surface area contributed by atoms with Crippen LogP contribution in [-0.4, -0.2) is 20.8 Å². The molecule has 3 N–H and O–H groups in total. The number of amides is 2. The van der Waals surface area contributed by atoms with E-state index in [-0.39, 0.29) is 24.8 Å². The maximum Gasteiger partial charge on any atom is 0.591 e. The number of carbonyl (C=O) groups excluding carboxylic acids is 2. The molecule has 0 bridgehead atoms. The van der Waals surface area contributed by atoms with E-state index in [0.717, 1.165) is 0 Å². The van der Waals surface area contributed by atoms with Crippen LogP contribution >= 0.6 is 33.5 Å². The molecule has 0 aliphatic rings. The average molecular weight is 344 g/mol. The minimum Gasteiger partial charge on any atom is -0.344 e. The van der Waals surface area contributed by atoms with E-state index in [1.54, 1.807) is 0 Å². The van der Waals surface area contributed by atoms with Crippen LogP contribution in [-0.2, 0) is 34.7 Å². The van der Waals surface area contributed by atoms with Crippen LogP contribution in [0.25, 0.3) is 0 Å². The summed E-state index contributed by atoms with van der Waals surface area (Å²) in [6, 6.07) is 0. The van der Waals surface area contributed by atoms with Gasteiger partial charge in [0.25, 0.3) is 0 Å². The van der Waals surface area contributed by atoms with Gasteiger partial charge >= 0.3 is 20.0 Å². The Kier molecular flexibility index (Phi) is 7.77. The van der Waals surface area contributed by atoms with Crippen molar-refractivity contribution in [3.05, 3.63) is 0 Å². The molecule has 2 amide bonds. The van der Waals surface area contributed by atoms with E-state index in [9.17, 15) is 14.2 Å². The first-order chi connectivity index (χ1) is 5.74. The van der Waals surface area contributed by atoms with E-state index in [0.29, 0.717) is 0 Å². The predicted octanol–water partition coefficient (Wildman–Crippen LogP) is 0.308. The molecule has 0 aromatic carbocycles. The van der Waals surface area contributed by atoms with E-state index < -0.39 is 20.0 Å². The Labute approximate surface area is 104 Å². The number of carbonyl (C=O) groups is 2. The number of nitrogens with two attached hydrogens (primary N) is 1. The Morgan fingerprint density at radius 2 is 1.79 bits per heavy atom. The van der Waals surface area contributed by atoms with Crippen molar-refractivity contribution in [2.45, 2.75) is 0 Å². The molecule has 0 aliphatic heterocycles. The molecule has 0 aromatic rings. The zero-order valence-electron chi connectivity index (χ0n) is 6.26. The van der Waals surface area contributed by atoms with Gasteiger partial charge in [0.15, 0.2) is 0 Å². The second-order valence-electron chi connectivity index (χ2n) is 1.53. The van der Waals surface area contributed by atoms with Crippen molar-refractivity contribution >= 4 is 45.6 Å². The average Bonchev–Trinajstić information content (AvgIpc) is 1.81. The van der Waals surface area contributed by atoms with Gasteiger partial charge in [0, 0.05) is 21.1 Å². The predicted molar refractivity (Wildman–Crippen MR) is 46.8 cm³/mol. The first-order valence-corrected chi connectivity index (χ1v) is 4.77. The van der Waals surface area contributed by atoms with E-state index in [1.807, 2.05) is 0 Å². The quantitative estimate of drug-likeness (QED) is 0.325. The van der Waals surface area contributed by atoms with Crippen LogP contribution < -0.4 is 5.73 Å². The van der Waals surface area contributed by atoms with E-state index in [4.69, 9.17) is 4.89 Å². The first kappa shape index (κ1) is 16.5. The van der Waals surface area contributed by atoms with Crippen LogP contribution in [0.3, 0.4) is 0 Å². The molecule has 8 nitrogen and oxygen atoms in total. The zero-order valence-corrected chi connectivity index (χ0v) is 11.0. The van der Waals surface area contributed by atoms with Crippen molar-refractivity contribution in [1.82, 2.24) is 3.71 Å². The second-order valence-corrected chi connectivity index (χ2v) is 3.94. The molecule has 0 heterocycles. The standard InChI is InChI=1S/C2H5N2O6PS2.Mo/c3-1(5)9-11(7,8)10-2(6)4(12)13;/h12-13H,(H2,3,5)(H,7,8);. The van der Waals surface area contributed by atoms with Crippen LogP contribution in [0.5, 0.6) is 0 Å². The van der Waals surface area contributed by atoms with Gasteiger partial charge < -0.3 is 14.8 Å². The maximum atomic E-state index is 10.6. The molecule has 1 atom stereocenters. The van der Waals surface area contributed by atoms with E-state index >= 15 is 0 Å². The van der Waals surface area contributed by atoms with Gasteiger partial charge in [-0.1, -0.05) is 0 Å². The molecular formula is C2H5MoN2O6PS2. The van der Waals surface area contributed by atoms with Gasteiger partial charge in [-0.25, -0.2) is 14.2 Å². The Hall–Kier alpha value is 0.118. The Morgan fingerprint density at radius 1 is 1.36 bits per heavy atom. The number of rotatable bonds is 2. The van der Waals surface area contributed by atoms with Crippen molar-refractivity contribution < 1.29 is 49.2 Å². The van der Waals surface area contributed by atoms with Gasteiger partial charge in [-0.3, -0.25) is 4.89 Å². The van der Waals surface area contributed by atoms with Crippen LogP contribution in [0, 0.1) is 0 Å². The molecule has 0 fully saturated rings. The molecule has 0 saturated carbocycles. The van der Waals surface area contributed by atoms with E-state index in [1.165, 1.54) is 0 Å². The Bertz CT molecular complexity index is 273. The second kappa shape index (κ2) is 6.57. The van der Waals surface area contributed by atoms with Gasteiger partial charge in [0.05, 0.1) is 0 Å². The van der Waals surface area contributed by atoms with Crippen LogP contribution in [0.2, 0.25) is 0 Å². The third-order valence-corrected chi connectivity index (χ3v) is 1.69. The van der Waals surface area contributed by atoms with E-state index in [2.05, 4.69) is 40.4 Å². The summed E-state index contributed by atoms with van der Waals surface area (Å²) in [7, 11) is -4.82. The first-order valence-electron chi connectivity index (χ1n) is 2.48. The molecule has 0 aromatic heterocycles. The number of primary amides is 1. The number of hydrogen-bond donors (Lipinski definition) is 4. The van der Waals surface area contributed by atoms with Gasteiger partial charge in [-0.2, -0.15) is 3.71 Å². The van der Waals surface area contributed by atoms with Crippen LogP contribution in [0.4, 0.5) is 9.59 Å². The van der Waals surface area contributed by atoms with Gasteiger partial charge in [0.2, 0.25) is 0 Å². The summed E-state index contributed by atoms with van der Waals surface area (Å²) in [6.45, 7) is 0. The smallest absolute Gasteiger partial charge is 0.344 e. The third kappa shape index (κ3) is 7.52. The molecule has 0 radical (unpaired) electrons. The molecule has 1 unspecified atom stereocenters. The minimum atomic E-state index is -4.82. The molecule has 0 saturated heterocycles. The summed E-state index contributed by atoms with van der Waals surface area (Å²) in [4.78, 5) is 29.1. The summed E-state index contributed by atoms with van der Waals surface area (Å²) in [5, 5.41) is 0. The van der Waals surface area contributed by atoms with Crippen molar-refractivity contribution in [3.8, 4) is 0 Å². The largest absolute Gasteiger partial charge is 0.591 e. The number of nitrogens with zero attached hydrogens (tertiary/aromatic N) is 1. The van der Waals surface area contributed by atoms with Crippen molar-refractivity contribution in [2.24, 2.45) is 5.73 Å². The summed E-state index contributed by atoms with van der Waals surface area (Å²) >= 11 is 6.63. The molecule has 12 heteroatoms. The van der Waals surface area contributed by atoms with Crippen LogP contribution in [0.15, 0.2) is 0 Å². The Morgan fingerprint density at radius 3 is 2.07 bits per heavy atom. The fourth-order valence-electron chi connectivity index (χ4n) is 0.268. The molecule has 14 heavy (non-hydrogen) atoms.